The topological polar surface area (TPSA) is 37.3 Å². The number of rotatable bonds is 2. The zero-order valence-electron chi connectivity index (χ0n) is 7.76. The van der Waals surface area contributed by atoms with Gasteiger partial charge in [-0.2, -0.15) is 0 Å². The number of carbonyl (C=O) groups excluding carboxylic acids is 1. The molecule has 0 heterocycles. The highest BCUT2D eigenvalue weighted by molar-refractivity contribution is 5.87. The Bertz CT molecular complexity index is 354. The van der Waals surface area contributed by atoms with E-state index in [9.17, 15) is 9.90 Å². The largest absolute Gasteiger partial charge is 0.387 e. The molecule has 14 heavy (non-hydrogen) atoms. The Labute approximate surface area is 82.9 Å². The van der Waals surface area contributed by atoms with Crippen LogP contribution in [-0.2, 0) is 4.79 Å². The molecule has 2 rings (SSSR count). The molecule has 0 saturated heterocycles. The first-order valence-electron chi connectivity index (χ1n) is 4.71. The molecule has 0 aliphatic heterocycles. The fourth-order valence-electron chi connectivity index (χ4n) is 1.71. The van der Waals surface area contributed by atoms with Gasteiger partial charge < -0.3 is 5.11 Å². The molecule has 1 aliphatic rings. The number of aliphatic hydroxyl groups is 1. The predicted octanol–water partition coefficient (Wildman–Crippen LogP) is 1.87. The summed E-state index contributed by atoms with van der Waals surface area (Å²) in [5.41, 5.74) is 0.803. The Morgan fingerprint density at radius 2 is 2.00 bits per heavy atom. The maximum absolute atomic E-state index is 11.4. The second-order valence-electron chi connectivity index (χ2n) is 3.48. The van der Waals surface area contributed by atoms with Crippen LogP contribution in [0.1, 0.15) is 18.1 Å². The van der Waals surface area contributed by atoms with Gasteiger partial charge >= 0.3 is 0 Å². The highest BCUT2D eigenvalue weighted by Gasteiger charge is 2.27. The van der Waals surface area contributed by atoms with Gasteiger partial charge in [0.05, 0.1) is 12.0 Å². The number of benzene rings is 1. The molecule has 0 radical (unpaired) electrons. The van der Waals surface area contributed by atoms with Crippen molar-refractivity contribution >= 4 is 5.78 Å². The SMILES string of the molecule is O=C1CC=CC1C(O)c1ccccc1. The summed E-state index contributed by atoms with van der Waals surface area (Å²) in [6.07, 6.45) is 3.37. The van der Waals surface area contributed by atoms with E-state index in [1.54, 1.807) is 6.08 Å². The maximum Gasteiger partial charge on any atom is 0.146 e. The van der Waals surface area contributed by atoms with Gasteiger partial charge in [0.1, 0.15) is 5.78 Å². The summed E-state index contributed by atoms with van der Waals surface area (Å²) >= 11 is 0. The molecule has 72 valence electrons. The third-order valence-electron chi connectivity index (χ3n) is 2.52. The molecule has 0 amide bonds. The van der Waals surface area contributed by atoms with Crippen LogP contribution >= 0.6 is 0 Å². The van der Waals surface area contributed by atoms with E-state index in [1.165, 1.54) is 0 Å². The predicted molar refractivity (Wildman–Crippen MR) is 53.7 cm³/mol. The first kappa shape index (κ1) is 9.16. The van der Waals surface area contributed by atoms with Crippen molar-refractivity contribution in [3.63, 3.8) is 0 Å². The number of hydrogen-bond donors (Lipinski definition) is 1. The van der Waals surface area contributed by atoms with Gasteiger partial charge in [-0.05, 0) is 5.56 Å². The van der Waals surface area contributed by atoms with Crippen LogP contribution in [0.5, 0.6) is 0 Å². The Morgan fingerprint density at radius 1 is 1.29 bits per heavy atom. The van der Waals surface area contributed by atoms with Crippen LogP contribution in [0, 0.1) is 5.92 Å². The van der Waals surface area contributed by atoms with E-state index in [2.05, 4.69) is 0 Å². The minimum Gasteiger partial charge on any atom is -0.387 e. The van der Waals surface area contributed by atoms with Crippen LogP contribution in [0.2, 0.25) is 0 Å². The monoisotopic (exact) mass is 188 g/mol. The Balaban J connectivity index is 2.20. The van der Waals surface area contributed by atoms with Gasteiger partial charge in [0, 0.05) is 6.42 Å². The summed E-state index contributed by atoms with van der Waals surface area (Å²) in [6, 6.07) is 9.29. The minimum absolute atomic E-state index is 0.0985. The highest BCUT2D eigenvalue weighted by atomic mass is 16.3. The van der Waals surface area contributed by atoms with Crippen molar-refractivity contribution in [2.24, 2.45) is 5.92 Å². The number of Topliss-reactive ketones (excluding diaryl/α,β-unsaturated/α-hetero) is 1. The van der Waals surface area contributed by atoms with Gasteiger partial charge in [0.25, 0.3) is 0 Å². The van der Waals surface area contributed by atoms with Gasteiger partial charge in [0.15, 0.2) is 0 Å². The standard InChI is InChI=1S/C12H12O2/c13-11-8-4-7-10(11)12(14)9-5-2-1-3-6-9/h1-7,10,12,14H,8H2. The number of hydrogen-bond acceptors (Lipinski definition) is 2. The van der Waals surface area contributed by atoms with E-state index in [1.807, 2.05) is 36.4 Å². The smallest absolute Gasteiger partial charge is 0.146 e. The Morgan fingerprint density at radius 3 is 2.57 bits per heavy atom. The Kier molecular flexibility index (Phi) is 2.46. The number of aliphatic hydroxyl groups excluding tert-OH is 1. The summed E-state index contributed by atoms with van der Waals surface area (Å²) < 4.78 is 0. The van der Waals surface area contributed by atoms with Crippen LogP contribution < -0.4 is 0 Å². The molecule has 1 aliphatic carbocycles. The normalized spacial score (nSPS) is 22.6. The van der Waals surface area contributed by atoms with E-state index >= 15 is 0 Å². The van der Waals surface area contributed by atoms with E-state index in [4.69, 9.17) is 0 Å². The van der Waals surface area contributed by atoms with Crippen molar-refractivity contribution in [1.29, 1.82) is 0 Å². The molecular weight excluding hydrogens is 176 g/mol. The average Bonchev–Trinajstić information content (AvgIpc) is 2.65. The van der Waals surface area contributed by atoms with Gasteiger partial charge in [-0.3, -0.25) is 4.79 Å². The van der Waals surface area contributed by atoms with Crippen molar-refractivity contribution in [2.45, 2.75) is 12.5 Å². The lowest BCUT2D eigenvalue weighted by Crippen LogP contribution is -2.16. The third-order valence-corrected chi connectivity index (χ3v) is 2.52. The lowest BCUT2D eigenvalue weighted by Gasteiger charge is -2.15. The molecule has 2 heteroatoms. The molecule has 0 bridgehead atoms. The molecular formula is C12H12O2. The van der Waals surface area contributed by atoms with Crippen LogP contribution in [0.4, 0.5) is 0 Å². The molecule has 1 aromatic carbocycles. The second kappa shape index (κ2) is 3.76. The third kappa shape index (κ3) is 1.61. The van der Waals surface area contributed by atoms with E-state index in [0.29, 0.717) is 6.42 Å². The molecule has 0 saturated carbocycles. The summed E-state index contributed by atoms with van der Waals surface area (Å²) in [5, 5.41) is 9.92. The number of carbonyl (C=O) groups is 1. The molecule has 0 fully saturated rings. The fraction of sp³-hybridized carbons (Fsp3) is 0.250. The molecule has 0 spiro atoms. The van der Waals surface area contributed by atoms with E-state index in [-0.39, 0.29) is 11.7 Å². The average molecular weight is 188 g/mol. The molecule has 2 nitrogen and oxygen atoms in total. The van der Waals surface area contributed by atoms with Crippen molar-refractivity contribution in [3.8, 4) is 0 Å². The van der Waals surface area contributed by atoms with E-state index < -0.39 is 6.10 Å². The van der Waals surface area contributed by atoms with Gasteiger partial charge in [-0.15, -0.1) is 0 Å². The van der Waals surface area contributed by atoms with Crippen LogP contribution in [0.15, 0.2) is 42.5 Å². The molecule has 2 unspecified atom stereocenters. The van der Waals surface area contributed by atoms with Gasteiger partial charge in [0.2, 0.25) is 0 Å². The second-order valence-corrected chi connectivity index (χ2v) is 3.48. The van der Waals surface area contributed by atoms with E-state index in [0.717, 1.165) is 5.56 Å². The van der Waals surface area contributed by atoms with Crippen molar-refractivity contribution < 1.29 is 9.90 Å². The van der Waals surface area contributed by atoms with Crippen molar-refractivity contribution in [2.75, 3.05) is 0 Å². The number of ketones is 1. The van der Waals surface area contributed by atoms with Crippen LogP contribution in [0.25, 0.3) is 0 Å². The highest BCUT2D eigenvalue weighted by Crippen LogP contribution is 2.28. The van der Waals surface area contributed by atoms with Gasteiger partial charge in [-0.1, -0.05) is 42.5 Å². The van der Waals surface area contributed by atoms with Crippen molar-refractivity contribution in [3.05, 3.63) is 48.0 Å². The first-order valence-corrected chi connectivity index (χ1v) is 4.71. The minimum atomic E-state index is -0.692. The lowest BCUT2D eigenvalue weighted by molar-refractivity contribution is -0.122. The van der Waals surface area contributed by atoms with Crippen LogP contribution in [-0.4, -0.2) is 10.9 Å². The molecule has 1 aromatic rings. The number of allylic oxidation sites excluding steroid dienone is 1. The molecule has 0 aromatic heterocycles. The van der Waals surface area contributed by atoms with Gasteiger partial charge in [-0.25, -0.2) is 0 Å². The zero-order chi connectivity index (χ0) is 9.97. The zero-order valence-corrected chi connectivity index (χ0v) is 7.76. The summed E-state index contributed by atoms with van der Waals surface area (Å²) in [7, 11) is 0. The Hall–Kier alpha value is -1.41. The summed E-state index contributed by atoms with van der Waals surface area (Å²) in [5.74, 6) is -0.251. The summed E-state index contributed by atoms with van der Waals surface area (Å²) in [6.45, 7) is 0. The molecule has 2 atom stereocenters. The lowest BCUT2D eigenvalue weighted by atomic mass is 9.95. The van der Waals surface area contributed by atoms with Crippen molar-refractivity contribution in [1.82, 2.24) is 0 Å². The maximum atomic E-state index is 11.4. The summed E-state index contributed by atoms with van der Waals surface area (Å²) in [4.78, 5) is 11.4. The quantitative estimate of drug-likeness (QED) is 0.719. The fourth-order valence-corrected chi connectivity index (χ4v) is 1.71. The van der Waals surface area contributed by atoms with Crippen LogP contribution in [0.3, 0.4) is 0 Å². The molecule has 1 N–H and O–H groups in total. The first-order chi connectivity index (χ1) is 6.79.